The van der Waals surface area contributed by atoms with Gasteiger partial charge < -0.3 is 20.7 Å². The zero-order valence-electron chi connectivity index (χ0n) is 9.86. The number of carboxylic acid groups (broad SMARTS) is 1. The van der Waals surface area contributed by atoms with Crippen molar-refractivity contribution in [1.29, 1.82) is 0 Å². The summed E-state index contributed by atoms with van der Waals surface area (Å²) in [5.74, 6) is -2.76. The minimum atomic E-state index is -4.78. The molecule has 0 saturated heterocycles. The van der Waals surface area contributed by atoms with Gasteiger partial charge in [-0.3, -0.25) is 4.79 Å². The fourth-order valence-electron chi connectivity index (χ4n) is 1.50. The van der Waals surface area contributed by atoms with Gasteiger partial charge in [0.2, 0.25) is 0 Å². The molecular weight excluding hydrogens is 267 g/mol. The highest BCUT2D eigenvalue weighted by Crippen LogP contribution is 2.41. The fourth-order valence-corrected chi connectivity index (χ4v) is 1.50. The molecule has 0 fully saturated rings. The molecule has 1 aromatic carbocycles. The average Bonchev–Trinajstić information content (AvgIpc) is 2.29. The number of rotatable bonds is 4. The van der Waals surface area contributed by atoms with Gasteiger partial charge in [0.05, 0.1) is 7.11 Å². The van der Waals surface area contributed by atoms with Crippen LogP contribution in [0.1, 0.15) is 11.1 Å². The molecule has 8 heteroatoms. The number of aromatic hydroxyl groups is 1. The Hall–Kier alpha value is -1.96. The van der Waals surface area contributed by atoms with E-state index >= 15 is 0 Å². The molecule has 0 aliphatic heterocycles. The number of aliphatic carboxylic acids is 1. The Morgan fingerprint density at radius 3 is 2.47 bits per heavy atom. The van der Waals surface area contributed by atoms with E-state index in [4.69, 9.17) is 10.8 Å². The highest BCUT2D eigenvalue weighted by molar-refractivity contribution is 5.73. The molecule has 1 unspecified atom stereocenters. The maximum Gasteiger partial charge on any atom is 0.420 e. The van der Waals surface area contributed by atoms with Crippen molar-refractivity contribution in [1.82, 2.24) is 0 Å². The van der Waals surface area contributed by atoms with Crippen molar-refractivity contribution in [2.24, 2.45) is 5.73 Å². The summed E-state index contributed by atoms with van der Waals surface area (Å²) in [7, 11) is 1.09. The molecular formula is C11H12F3NO4. The number of carboxylic acids is 1. The van der Waals surface area contributed by atoms with Crippen molar-refractivity contribution in [3.8, 4) is 11.5 Å². The summed E-state index contributed by atoms with van der Waals surface area (Å²) in [6.07, 6.45) is -5.09. The van der Waals surface area contributed by atoms with Crippen LogP contribution in [0.25, 0.3) is 0 Å². The third-order valence-corrected chi connectivity index (χ3v) is 2.43. The number of ether oxygens (including phenoxy) is 1. The Morgan fingerprint density at radius 2 is 2.05 bits per heavy atom. The summed E-state index contributed by atoms with van der Waals surface area (Å²) < 4.78 is 42.7. The quantitative estimate of drug-likeness (QED) is 0.774. The molecule has 106 valence electrons. The van der Waals surface area contributed by atoms with Crippen LogP contribution in [0.3, 0.4) is 0 Å². The molecule has 1 rings (SSSR count). The molecule has 4 N–H and O–H groups in total. The van der Waals surface area contributed by atoms with Crippen molar-refractivity contribution in [2.45, 2.75) is 18.6 Å². The molecule has 0 aromatic heterocycles. The average molecular weight is 279 g/mol. The van der Waals surface area contributed by atoms with Crippen LogP contribution in [0.4, 0.5) is 13.2 Å². The van der Waals surface area contributed by atoms with Crippen LogP contribution in [-0.2, 0) is 17.4 Å². The van der Waals surface area contributed by atoms with Gasteiger partial charge >= 0.3 is 12.1 Å². The van der Waals surface area contributed by atoms with E-state index in [-0.39, 0.29) is 17.7 Å². The zero-order valence-corrected chi connectivity index (χ0v) is 9.86. The number of hydrogen-bond acceptors (Lipinski definition) is 4. The molecule has 0 radical (unpaired) electrons. The molecule has 1 atom stereocenters. The number of phenolic OH excluding ortho intramolecular Hbond substituents is 1. The van der Waals surface area contributed by atoms with Gasteiger partial charge in [-0.15, -0.1) is 0 Å². The van der Waals surface area contributed by atoms with E-state index in [9.17, 15) is 23.1 Å². The van der Waals surface area contributed by atoms with Gasteiger partial charge in [0.1, 0.15) is 11.6 Å². The Labute approximate surface area is 106 Å². The van der Waals surface area contributed by atoms with Gasteiger partial charge in [0, 0.05) is 0 Å². The minimum Gasteiger partial charge on any atom is -0.504 e. The monoisotopic (exact) mass is 279 g/mol. The first kappa shape index (κ1) is 15.1. The van der Waals surface area contributed by atoms with E-state index in [0.717, 1.165) is 13.2 Å². The summed E-state index contributed by atoms with van der Waals surface area (Å²) in [4.78, 5) is 10.6. The summed E-state index contributed by atoms with van der Waals surface area (Å²) >= 11 is 0. The maximum absolute atomic E-state index is 12.7. The topological polar surface area (TPSA) is 92.8 Å². The summed E-state index contributed by atoms with van der Waals surface area (Å²) in [5.41, 5.74) is 3.97. The Bertz CT molecular complexity index is 488. The van der Waals surface area contributed by atoms with Gasteiger partial charge in [-0.2, -0.15) is 13.2 Å². The Morgan fingerprint density at radius 1 is 1.47 bits per heavy atom. The molecule has 0 bridgehead atoms. The molecule has 0 heterocycles. The number of halogens is 3. The van der Waals surface area contributed by atoms with Gasteiger partial charge in [-0.1, -0.05) is 0 Å². The first-order chi connectivity index (χ1) is 8.66. The van der Waals surface area contributed by atoms with Gasteiger partial charge in [-0.25, -0.2) is 0 Å². The lowest BCUT2D eigenvalue weighted by Gasteiger charge is -2.15. The van der Waals surface area contributed by atoms with Crippen LogP contribution < -0.4 is 10.5 Å². The van der Waals surface area contributed by atoms with Crippen molar-refractivity contribution in [3.05, 3.63) is 23.3 Å². The van der Waals surface area contributed by atoms with E-state index in [0.29, 0.717) is 6.07 Å². The van der Waals surface area contributed by atoms with Crippen LogP contribution in [0.5, 0.6) is 11.5 Å². The minimum absolute atomic E-state index is 0.0110. The lowest BCUT2D eigenvalue weighted by Crippen LogP contribution is -2.32. The van der Waals surface area contributed by atoms with E-state index in [1.54, 1.807) is 0 Å². The van der Waals surface area contributed by atoms with E-state index in [2.05, 4.69) is 4.74 Å². The van der Waals surface area contributed by atoms with Crippen LogP contribution in [0.15, 0.2) is 12.1 Å². The van der Waals surface area contributed by atoms with E-state index < -0.39 is 29.5 Å². The first-order valence-corrected chi connectivity index (χ1v) is 5.12. The van der Waals surface area contributed by atoms with Crippen molar-refractivity contribution >= 4 is 5.97 Å². The molecule has 0 aliphatic rings. The van der Waals surface area contributed by atoms with E-state index in [1.165, 1.54) is 0 Å². The number of phenols is 1. The second kappa shape index (κ2) is 5.35. The Kier molecular flexibility index (Phi) is 4.25. The van der Waals surface area contributed by atoms with Crippen molar-refractivity contribution < 1.29 is 32.9 Å². The smallest absolute Gasteiger partial charge is 0.420 e. The molecule has 19 heavy (non-hydrogen) atoms. The molecule has 0 spiro atoms. The van der Waals surface area contributed by atoms with Gasteiger partial charge in [0.15, 0.2) is 11.5 Å². The van der Waals surface area contributed by atoms with Crippen molar-refractivity contribution in [3.63, 3.8) is 0 Å². The largest absolute Gasteiger partial charge is 0.504 e. The predicted octanol–water partition coefficient (Wildman–Crippen LogP) is 1.37. The molecule has 0 amide bonds. The Balaban J connectivity index is 3.24. The molecule has 0 aliphatic carbocycles. The predicted molar refractivity (Wildman–Crippen MR) is 59.0 cm³/mol. The number of methoxy groups -OCH3 is 1. The maximum atomic E-state index is 12.7. The van der Waals surface area contributed by atoms with Gasteiger partial charge in [-0.05, 0) is 24.1 Å². The third kappa shape index (κ3) is 3.50. The second-order valence-corrected chi connectivity index (χ2v) is 3.84. The molecule has 5 nitrogen and oxygen atoms in total. The zero-order chi connectivity index (χ0) is 14.8. The lowest BCUT2D eigenvalue weighted by atomic mass is 10.0. The first-order valence-electron chi connectivity index (χ1n) is 5.12. The number of benzene rings is 1. The van der Waals surface area contributed by atoms with E-state index in [1.807, 2.05) is 0 Å². The number of hydrogen-bond donors (Lipinski definition) is 3. The fraction of sp³-hybridized carbons (Fsp3) is 0.364. The highest BCUT2D eigenvalue weighted by Gasteiger charge is 2.36. The number of nitrogens with two attached hydrogens (primary N) is 1. The van der Waals surface area contributed by atoms with Crippen LogP contribution in [-0.4, -0.2) is 29.3 Å². The SMILES string of the molecule is COc1cc(CC(N)C(=O)O)cc(C(F)(F)F)c1O. The molecule has 1 aromatic rings. The lowest BCUT2D eigenvalue weighted by molar-refractivity contribution is -0.139. The summed E-state index contributed by atoms with van der Waals surface area (Å²) in [5, 5.41) is 18.0. The third-order valence-electron chi connectivity index (χ3n) is 2.43. The van der Waals surface area contributed by atoms with Crippen LogP contribution in [0.2, 0.25) is 0 Å². The molecule has 0 saturated carbocycles. The highest BCUT2D eigenvalue weighted by atomic mass is 19.4. The van der Waals surface area contributed by atoms with Crippen LogP contribution >= 0.6 is 0 Å². The number of alkyl halides is 3. The van der Waals surface area contributed by atoms with Gasteiger partial charge in [0.25, 0.3) is 0 Å². The summed E-state index contributed by atoms with van der Waals surface area (Å²) in [6.45, 7) is 0. The number of carbonyl (C=O) groups is 1. The summed E-state index contributed by atoms with van der Waals surface area (Å²) in [6, 6.07) is 0.434. The standard InChI is InChI=1S/C11H12F3NO4/c1-19-8-4-5(3-7(15)10(17)18)2-6(9(8)16)11(12,13)14/h2,4,7,16H,3,15H2,1H3,(H,17,18). The normalized spacial score (nSPS) is 13.1. The second-order valence-electron chi connectivity index (χ2n) is 3.84. The van der Waals surface area contributed by atoms with Crippen LogP contribution in [0, 0.1) is 0 Å². The van der Waals surface area contributed by atoms with Crippen molar-refractivity contribution in [2.75, 3.05) is 7.11 Å².